The zero-order valence-electron chi connectivity index (χ0n) is 13.3. The van der Waals surface area contributed by atoms with Gasteiger partial charge < -0.3 is 15.4 Å². The molecule has 1 aromatic heterocycles. The van der Waals surface area contributed by atoms with Crippen LogP contribution in [0.1, 0.15) is 6.92 Å². The standard InChI is InChI=1S/C15H18ClN5O3/c1-10(6-21-9-17-8-18-21)15(23)19-11-3-4-13(12(16)5-11)20-14(22)7-24-2/h3-5,8-10H,6-7H2,1-2H3,(H,19,23)(H,20,22). The van der Waals surface area contributed by atoms with Gasteiger partial charge in [-0.05, 0) is 18.2 Å². The third-order valence-electron chi connectivity index (χ3n) is 3.16. The Kier molecular flexibility index (Phi) is 6.28. The number of hydrogen-bond acceptors (Lipinski definition) is 5. The van der Waals surface area contributed by atoms with Crippen LogP contribution in [-0.4, -0.2) is 40.3 Å². The monoisotopic (exact) mass is 351 g/mol. The molecule has 128 valence electrons. The number of ether oxygens (including phenoxy) is 1. The largest absolute Gasteiger partial charge is 0.375 e. The highest BCUT2D eigenvalue weighted by atomic mass is 35.5. The molecule has 0 fully saturated rings. The van der Waals surface area contributed by atoms with Gasteiger partial charge in [0.15, 0.2) is 0 Å². The van der Waals surface area contributed by atoms with Crippen LogP contribution in [0.4, 0.5) is 11.4 Å². The summed E-state index contributed by atoms with van der Waals surface area (Å²) < 4.78 is 6.33. The number of carbonyl (C=O) groups excluding carboxylic acids is 2. The van der Waals surface area contributed by atoms with Crippen molar-refractivity contribution >= 4 is 34.8 Å². The molecule has 0 saturated carbocycles. The maximum absolute atomic E-state index is 12.2. The van der Waals surface area contributed by atoms with E-state index in [4.69, 9.17) is 16.3 Å². The van der Waals surface area contributed by atoms with E-state index in [1.807, 2.05) is 0 Å². The maximum atomic E-state index is 12.2. The molecule has 0 aliphatic carbocycles. The maximum Gasteiger partial charge on any atom is 0.250 e. The third-order valence-corrected chi connectivity index (χ3v) is 3.47. The van der Waals surface area contributed by atoms with E-state index in [9.17, 15) is 9.59 Å². The first-order valence-corrected chi connectivity index (χ1v) is 7.59. The van der Waals surface area contributed by atoms with Crippen molar-refractivity contribution in [2.45, 2.75) is 13.5 Å². The number of aromatic nitrogens is 3. The fourth-order valence-electron chi connectivity index (χ4n) is 1.97. The number of rotatable bonds is 7. The van der Waals surface area contributed by atoms with Crippen LogP contribution in [0.5, 0.6) is 0 Å². The Morgan fingerprint density at radius 2 is 2.17 bits per heavy atom. The Morgan fingerprint density at radius 3 is 2.79 bits per heavy atom. The summed E-state index contributed by atoms with van der Waals surface area (Å²) in [5.41, 5.74) is 0.993. The van der Waals surface area contributed by atoms with Gasteiger partial charge in [-0.3, -0.25) is 14.3 Å². The zero-order chi connectivity index (χ0) is 17.5. The minimum absolute atomic E-state index is 0.0609. The van der Waals surface area contributed by atoms with Crippen molar-refractivity contribution in [1.29, 1.82) is 0 Å². The molecule has 8 nitrogen and oxygen atoms in total. The van der Waals surface area contributed by atoms with Crippen LogP contribution in [0.15, 0.2) is 30.9 Å². The first-order chi connectivity index (χ1) is 11.5. The normalized spacial score (nSPS) is 11.8. The molecule has 1 unspecified atom stereocenters. The fourth-order valence-corrected chi connectivity index (χ4v) is 2.20. The van der Waals surface area contributed by atoms with Gasteiger partial charge in [-0.1, -0.05) is 18.5 Å². The number of amides is 2. The van der Waals surface area contributed by atoms with E-state index < -0.39 is 0 Å². The molecule has 0 aliphatic rings. The van der Waals surface area contributed by atoms with Crippen molar-refractivity contribution in [2.24, 2.45) is 5.92 Å². The Hall–Kier alpha value is -2.45. The average Bonchev–Trinajstić information content (AvgIpc) is 3.03. The number of nitrogens with zero attached hydrogens (tertiary/aromatic N) is 3. The van der Waals surface area contributed by atoms with Crippen LogP contribution in [0.25, 0.3) is 0 Å². The molecule has 1 aromatic carbocycles. The summed E-state index contributed by atoms with van der Waals surface area (Å²) in [5.74, 6) is -0.776. The van der Waals surface area contributed by atoms with E-state index >= 15 is 0 Å². The second-order valence-electron chi connectivity index (χ2n) is 5.18. The Balaban J connectivity index is 1.96. The molecule has 2 rings (SSSR count). The van der Waals surface area contributed by atoms with Crippen molar-refractivity contribution in [3.8, 4) is 0 Å². The number of carbonyl (C=O) groups is 2. The van der Waals surface area contributed by atoms with E-state index in [1.165, 1.54) is 13.4 Å². The number of nitrogens with one attached hydrogen (secondary N) is 2. The molecule has 0 bridgehead atoms. The molecule has 0 saturated heterocycles. The lowest BCUT2D eigenvalue weighted by molar-refractivity contribution is -0.120. The van der Waals surface area contributed by atoms with Gasteiger partial charge in [-0.25, -0.2) is 4.98 Å². The molecule has 9 heteroatoms. The molecule has 0 aliphatic heterocycles. The SMILES string of the molecule is COCC(=O)Nc1ccc(NC(=O)C(C)Cn2cncn2)cc1Cl. The molecule has 2 N–H and O–H groups in total. The van der Waals surface area contributed by atoms with Gasteiger partial charge in [-0.2, -0.15) is 5.10 Å². The summed E-state index contributed by atoms with van der Waals surface area (Å²) in [6.45, 7) is 2.15. The van der Waals surface area contributed by atoms with E-state index in [-0.39, 0.29) is 24.3 Å². The van der Waals surface area contributed by atoms with Gasteiger partial charge in [0.2, 0.25) is 11.8 Å². The summed E-state index contributed by atoms with van der Waals surface area (Å²) in [4.78, 5) is 27.5. The highest BCUT2D eigenvalue weighted by Crippen LogP contribution is 2.25. The third kappa shape index (κ3) is 5.04. The van der Waals surface area contributed by atoms with E-state index in [1.54, 1.807) is 36.1 Å². The molecule has 1 atom stereocenters. The highest BCUT2D eigenvalue weighted by Gasteiger charge is 2.15. The number of benzene rings is 1. The van der Waals surface area contributed by atoms with Gasteiger partial charge in [0.25, 0.3) is 0 Å². The van der Waals surface area contributed by atoms with Gasteiger partial charge in [0.05, 0.1) is 23.2 Å². The molecule has 0 spiro atoms. The summed E-state index contributed by atoms with van der Waals surface area (Å²) in [6, 6.07) is 4.85. The van der Waals surface area contributed by atoms with Crippen molar-refractivity contribution in [2.75, 3.05) is 24.4 Å². The van der Waals surface area contributed by atoms with Crippen molar-refractivity contribution in [3.63, 3.8) is 0 Å². The highest BCUT2D eigenvalue weighted by molar-refractivity contribution is 6.34. The van der Waals surface area contributed by atoms with Crippen LogP contribution in [0.2, 0.25) is 5.02 Å². The number of halogens is 1. The predicted octanol–water partition coefficient (Wildman–Crippen LogP) is 1.79. The fraction of sp³-hybridized carbons (Fsp3) is 0.333. The molecule has 2 amide bonds. The molecular weight excluding hydrogens is 334 g/mol. The summed E-state index contributed by atoms with van der Waals surface area (Å²) in [6.07, 6.45) is 2.97. The lowest BCUT2D eigenvalue weighted by Crippen LogP contribution is -2.24. The summed E-state index contributed by atoms with van der Waals surface area (Å²) in [5, 5.41) is 9.68. The van der Waals surface area contributed by atoms with Gasteiger partial charge in [0.1, 0.15) is 19.3 Å². The zero-order valence-corrected chi connectivity index (χ0v) is 14.1. The molecule has 1 heterocycles. The van der Waals surface area contributed by atoms with Crippen LogP contribution in [0, 0.1) is 5.92 Å². The average molecular weight is 352 g/mol. The Bertz CT molecular complexity index is 705. The number of hydrogen-bond donors (Lipinski definition) is 2. The van der Waals surface area contributed by atoms with Gasteiger partial charge in [-0.15, -0.1) is 0 Å². The number of anilines is 2. The summed E-state index contributed by atoms with van der Waals surface area (Å²) >= 11 is 6.12. The molecular formula is C15H18ClN5O3. The van der Waals surface area contributed by atoms with E-state index in [0.29, 0.717) is 22.9 Å². The van der Waals surface area contributed by atoms with Crippen molar-refractivity contribution in [3.05, 3.63) is 35.9 Å². The lowest BCUT2D eigenvalue weighted by atomic mass is 10.1. The van der Waals surface area contributed by atoms with Crippen LogP contribution < -0.4 is 10.6 Å². The quantitative estimate of drug-likeness (QED) is 0.792. The summed E-state index contributed by atoms with van der Waals surface area (Å²) in [7, 11) is 1.43. The van der Waals surface area contributed by atoms with Crippen LogP contribution in [-0.2, 0) is 20.9 Å². The minimum Gasteiger partial charge on any atom is -0.375 e. The minimum atomic E-state index is -0.308. The number of methoxy groups -OCH3 is 1. The smallest absolute Gasteiger partial charge is 0.250 e. The van der Waals surface area contributed by atoms with E-state index in [0.717, 1.165) is 0 Å². The topological polar surface area (TPSA) is 98.1 Å². The van der Waals surface area contributed by atoms with Crippen molar-refractivity contribution < 1.29 is 14.3 Å². The predicted molar refractivity (Wildman–Crippen MR) is 89.8 cm³/mol. The van der Waals surface area contributed by atoms with E-state index in [2.05, 4.69) is 20.7 Å². The molecule has 24 heavy (non-hydrogen) atoms. The van der Waals surface area contributed by atoms with Crippen LogP contribution in [0.3, 0.4) is 0 Å². The first kappa shape index (κ1) is 17.9. The van der Waals surface area contributed by atoms with Crippen molar-refractivity contribution in [1.82, 2.24) is 14.8 Å². The molecule has 2 aromatic rings. The second kappa shape index (κ2) is 8.42. The molecule has 0 radical (unpaired) electrons. The van der Waals surface area contributed by atoms with Gasteiger partial charge in [0, 0.05) is 12.8 Å². The van der Waals surface area contributed by atoms with Crippen LogP contribution >= 0.6 is 11.6 Å². The lowest BCUT2D eigenvalue weighted by Gasteiger charge is -2.13. The Morgan fingerprint density at radius 1 is 1.38 bits per heavy atom. The first-order valence-electron chi connectivity index (χ1n) is 7.21. The second-order valence-corrected chi connectivity index (χ2v) is 5.59. The van der Waals surface area contributed by atoms with Gasteiger partial charge >= 0.3 is 0 Å². The Labute approximate surface area is 144 Å².